The van der Waals surface area contributed by atoms with Crippen LogP contribution in [0.1, 0.15) is 16.7 Å². The Balaban J connectivity index is 2.01. The zero-order chi connectivity index (χ0) is 17.3. The minimum atomic E-state index is -0.268. The van der Waals surface area contributed by atoms with E-state index in [1.807, 2.05) is 19.2 Å². The molecule has 0 aliphatic heterocycles. The van der Waals surface area contributed by atoms with Gasteiger partial charge in [0.05, 0.1) is 0 Å². The summed E-state index contributed by atoms with van der Waals surface area (Å²) in [5, 5.41) is 4.48. The van der Waals surface area contributed by atoms with Crippen LogP contribution < -0.4 is 10.1 Å². The summed E-state index contributed by atoms with van der Waals surface area (Å²) in [6.45, 7) is 6.24. The summed E-state index contributed by atoms with van der Waals surface area (Å²) in [6.07, 6.45) is 0. The molecule has 0 unspecified atom stereocenters. The van der Waals surface area contributed by atoms with Crippen LogP contribution in [0.15, 0.2) is 36.4 Å². The number of ether oxygens (including phenoxy) is 1. The van der Waals surface area contributed by atoms with Crippen LogP contribution in [0.5, 0.6) is 10.8 Å². The Morgan fingerprint density at radius 2 is 1.67 bits per heavy atom. The highest BCUT2D eigenvalue weighted by Crippen LogP contribution is 2.41. The Bertz CT molecular complexity index is 849. The molecule has 3 nitrogen and oxygen atoms in total. The number of aryl methyl sites for hydroxylation is 2. The first kappa shape index (κ1) is 16.5. The normalized spacial score (nSPS) is 10.7. The molecule has 0 bridgehead atoms. The van der Waals surface area contributed by atoms with Gasteiger partial charge in [-0.3, -0.25) is 0 Å². The fourth-order valence-electron chi connectivity index (χ4n) is 2.43. The van der Waals surface area contributed by atoms with Gasteiger partial charge in [-0.2, -0.15) is 0 Å². The first-order chi connectivity index (χ1) is 11.5. The van der Waals surface area contributed by atoms with E-state index < -0.39 is 0 Å². The van der Waals surface area contributed by atoms with E-state index in [2.05, 4.69) is 31.1 Å². The summed E-state index contributed by atoms with van der Waals surface area (Å²) in [5.74, 6) is 0.514. The number of nitrogens with zero attached hydrogens (tertiary/aromatic N) is 1. The number of hydrogen-bond acceptors (Lipinski definition) is 4. The Morgan fingerprint density at radius 1 is 1.04 bits per heavy atom. The minimum Gasteiger partial charge on any atom is -0.444 e. The van der Waals surface area contributed by atoms with Gasteiger partial charge in [0, 0.05) is 12.6 Å². The summed E-state index contributed by atoms with van der Waals surface area (Å²) >= 11 is 1.43. The number of anilines is 1. The van der Waals surface area contributed by atoms with Crippen LogP contribution in [0.4, 0.5) is 9.52 Å². The Kier molecular flexibility index (Phi) is 4.53. The van der Waals surface area contributed by atoms with E-state index in [0.717, 1.165) is 16.4 Å². The van der Waals surface area contributed by atoms with E-state index in [9.17, 15) is 4.39 Å². The monoisotopic (exact) mass is 342 g/mol. The molecule has 3 rings (SSSR count). The Hall–Kier alpha value is -2.40. The van der Waals surface area contributed by atoms with Crippen LogP contribution in [-0.2, 0) is 0 Å². The maximum atomic E-state index is 13.2. The summed E-state index contributed by atoms with van der Waals surface area (Å²) in [5.41, 5.74) is 5.17. The van der Waals surface area contributed by atoms with Gasteiger partial charge in [0.1, 0.15) is 17.3 Å². The second-order valence-electron chi connectivity index (χ2n) is 5.70. The largest absolute Gasteiger partial charge is 0.444 e. The molecule has 2 aromatic carbocycles. The molecule has 0 spiro atoms. The third kappa shape index (κ3) is 3.26. The number of halogens is 1. The predicted octanol–water partition coefficient (Wildman–Crippen LogP) is 5.71. The predicted molar refractivity (Wildman–Crippen MR) is 97.8 cm³/mol. The average molecular weight is 342 g/mol. The molecule has 5 heteroatoms. The minimum absolute atomic E-state index is 0.268. The summed E-state index contributed by atoms with van der Waals surface area (Å²) < 4.78 is 19.3. The highest BCUT2D eigenvalue weighted by Gasteiger charge is 2.16. The lowest BCUT2D eigenvalue weighted by Crippen LogP contribution is -1.91. The fraction of sp³-hybridized carbons (Fsp3) is 0.211. The molecular formula is C19H19FN2OS. The number of hydrogen-bond donors (Lipinski definition) is 1. The van der Waals surface area contributed by atoms with E-state index in [1.54, 1.807) is 12.1 Å². The van der Waals surface area contributed by atoms with Crippen LogP contribution in [0.25, 0.3) is 11.3 Å². The quantitative estimate of drug-likeness (QED) is 0.659. The van der Waals surface area contributed by atoms with Crippen LogP contribution in [0.2, 0.25) is 0 Å². The van der Waals surface area contributed by atoms with Crippen molar-refractivity contribution in [1.29, 1.82) is 0 Å². The molecule has 0 saturated carbocycles. The molecule has 24 heavy (non-hydrogen) atoms. The third-order valence-electron chi connectivity index (χ3n) is 4.04. The zero-order valence-corrected chi connectivity index (χ0v) is 14.9. The van der Waals surface area contributed by atoms with Crippen molar-refractivity contribution < 1.29 is 9.13 Å². The fourth-order valence-corrected chi connectivity index (χ4v) is 3.25. The first-order valence-electron chi connectivity index (χ1n) is 7.68. The van der Waals surface area contributed by atoms with Gasteiger partial charge in [-0.1, -0.05) is 11.3 Å². The van der Waals surface area contributed by atoms with Crippen LogP contribution in [0, 0.1) is 26.6 Å². The van der Waals surface area contributed by atoms with Crippen LogP contribution in [-0.4, -0.2) is 12.0 Å². The van der Waals surface area contributed by atoms with Gasteiger partial charge >= 0.3 is 0 Å². The highest BCUT2D eigenvalue weighted by atomic mass is 32.1. The van der Waals surface area contributed by atoms with Gasteiger partial charge in [-0.15, -0.1) is 0 Å². The molecule has 1 aromatic heterocycles. The van der Waals surface area contributed by atoms with Crippen molar-refractivity contribution >= 4 is 16.5 Å². The van der Waals surface area contributed by atoms with E-state index in [-0.39, 0.29) is 5.82 Å². The lowest BCUT2D eigenvalue weighted by molar-refractivity contribution is 0.496. The molecule has 0 saturated heterocycles. The number of thiazole rings is 1. The van der Waals surface area contributed by atoms with Crippen molar-refractivity contribution in [1.82, 2.24) is 4.98 Å². The number of nitrogens with one attached hydrogen (secondary N) is 1. The lowest BCUT2D eigenvalue weighted by atomic mass is 10.0. The second-order valence-corrected chi connectivity index (χ2v) is 6.66. The molecule has 0 aliphatic carbocycles. The van der Waals surface area contributed by atoms with Gasteiger partial charge in [-0.25, -0.2) is 9.37 Å². The van der Waals surface area contributed by atoms with Gasteiger partial charge in [0.15, 0.2) is 5.13 Å². The number of benzene rings is 2. The van der Waals surface area contributed by atoms with Gasteiger partial charge in [0.25, 0.3) is 0 Å². The van der Waals surface area contributed by atoms with Crippen molar-refractivity contribution in [3.8, 4) is 22.1 Å². The molecule has 0 fully saturated rings. The molecule has 0 atom stereocenters. The number of rotatable bonds is 4. The number of aromatic nitrogens is 1. The maximum absolute atomic E-state index is 13.2. The van der Waals surface area contributed by atoms with E-state index in [4.69, 9.17) is 4.74 Å². The van der Waals surface area contributed by atoms with E-state index in [0.29, 0.717) is 10.8 Å². The maximum Gasteiger partial charge on any atom is 0.210 e. The van der Waals surface area contributed by atoms with Crippen molar-refractivity contribution in [2.24, 2.45) is 0 Å². The van der Waals surface area contributed by atoms with Crippen molar-refractivity contribution in [3.63, 3.8) is 0 Å². The SMILES string of the molecule is CNc1nc(-c2ccc(F)cc2)c(Oc2cc(C)c(C)c(C)c2)s1. The van der Waals surface area contributed by atoms with E-state index in [1.165, 1.54) is 40.2 Å². The summed E-state index contributed by atoms with van der Waals surface area (Å²) in [7, 11) is 1.82. The van der Waals surface area contributed by atoms with Gasteiger partial charge < -0.3 is 10.1 Å². The molecule has 1 N–H and O–H groups in total. The standard InChI is InChI=1S/C19H19FN2OS/c1-11-9-16(10-12(2)13(11)3)23-18-17(22-19(21-4)24-18)14-5-7-15(20)8-6-14/h5-10H,1-4H3,(H,21,22). The zero-order valence-electron chi connectivity index (χ0n) is 14.1. The molecule has 1 heterocycles. The highest BCUT2D eigenvalue weighted by molar-refractivity contribution is 7.17. The topological polar surface area (TPSA) is 34.2 Å². The second kappa shape index (κ2) is 6.61. The van der Waals surface area contributed by atoms with Gasteiger partial charge in [-0.05, 0) is 73.9 Å². The average Bonchev–Trinajstić information content (AvgIpc) is 2.96. The lowest BCUT2D eigenvalue weighted by Gasteiger charge is -2.10. The Morgan fingerprint density at radius 3 is 2.25 bits per heavy atom. The van der Waals surface area contributed by atoms with Gasteiger partial charge in [0.2, 0.25) is 5.06 Å². The Labute approximate surface area is 145 Å². The summed E-state index contributed by atoms with van der Waals surface area (Å²) in [4.78, 5) is 4.55. The molecule has 0 amide bonds. The molecule has 124 valence electrons. The van der Waals surface area contributed by atoms with E-state index >= 15 is 0 Å². The van der Waals surface area contributed by atoms with Crippen molar-refractivity contribution in [2.75, 3.05) is 12.4 Å². The van der Waals surface area contributed by atoms with Crippen LogP contribution >= 0.6 is 11.3 Å². The smallest absolute Gasteiger partial charge is 0.210 e. The molecular weight excluding hydrogens is 323 g/mol. The first-order valence-corrected chi connectivity index (χ1v) is 8.50. The molecule has 0 aliphatic rings. The summed E-state index contributed by atoms with van der Waals surface area (Å²) in [6, 6.07) is 10.3. The van der Waals surface area contributed by atoms with Crippen LogP contribution in [0.3, 0.4) is 0 Å². The third-order valence-corrected chi connectivity index (χ3v) is 4.99. The molecule has 0 radical (unpaired) electrons. The molecule has 3 aromatic rings. The van der Waals surface area contributed by atoms with Crippen molar-refractivity contribution in [3.05, 3.63) is 58.9 Å². The van der Waals surface area contributed by atoms with Crippen molar-refractivity contribution in [2.45, 2.75) is 20.8 Å².